The number of carbonyl (C=O) groups is 1. The number of ether oxygens (including phenoxy) is 2. The standard InChI is InChI=1S/C10H18O3/c1-2-3-4-5-10(6-7-11)12-8-9-13-10/h7H,2-6,8-9H2,1H3. The molecule has 1 aliphatic heterocycles. The Morgan fingerprint density at radius 1 is 1.31 bits per heavy atom. The molecule has 0 spiro atoms. The highest BCUT2D eigenvalue weighted by molar-refractivity contribution is 5.50. The Kier molecular flexibility index (Phi) is 4.39. The molecule has 1 saturated heterocycles. The van der Waals surface area contributed by atoms with Gasteiger partial charge in [0.2, 0.25) is 0 Å². The summed E-state index contributed by atoms with van der Waals surface area (Å²) < 4.78 is 10.9. The second kappa shape index (κ2) is 5.35. The molecule has 0 aromatic rings. The minimum absolute atomic E-state index is 0.372. The third-order valence-corrected chi connectivity index (χ3v) is 2.37. The zero-order valence-electron chi connectivity index (χ0n) is 8.25. The van der Waals surface area contributed by atoms with Crippen LogP contribution in [0.25, 0.3) is 0 Å². The monoisotopic (exact) mass is 186 g/mol. The number of carbonyl (C=O) groups excluding carboxylic acids is 1. The number of hydrogen-bond acceptors (Lipinski definition) is 3. The lowest BCUT2D eigenvalue weighted by Crippen LogP contribution is -2.30. The summed E-state index contributed by atoms with van der Waals surface area (Å²) in [4.78, 5) is 10.4. The van der Waals surface area contributed by atoms with Gasteiger partial charge < -0.3 is 14.3 Å². The Hall–Kier alpha value is -0.410. The average molecular weight is 186 g/mol. The van der Waals surface area contributed by atoms with Gasteiger partial charge in [-0.3, -0.25) is 0 Å². The summed E-state index contributed by atoms with van der Waals surface area (Å²) in [6.45, 7) is 3.41. The lowest BCUT2D eigenvalue weighted by molar-refractivity contribution is -0.168. The molecular weight excluding hydrogens is 168 g/mol. The molecule has 0 N–H and O–H groups in total. The first-order valence-electron chi connectivity index (χ1n) is 5.04. The van der Waals surface area contributed by atoms with Gasteiger partial charge in [-0.25, -0.2) is 0 Å². The van der Waals surface area contributed by atoms with E-state index in [-0.39, 0.29) is 0 Å². The molecule has 0 radical (unpaired) electrons. The van der Waals surface area contributed by atoms with Crippen LogP contribution in [0.3, 0.4) is 0 Å². The predicted octanol–water partition coefficient (Wildman–Crippen LogP) is 1.90. The summed E-state index contributed by atoms with van der Waals surface area (Å²) in [6, 6.07) is 0. The highest BCUT2D eigenvalue weighted by atomic mass is 16.7. The lowest BCUT2D eigenvalue weighted by atomic mass is 10.1. The molecule has 0 atom stereocenters. The van der Waals surface area contributed by atoms with E-state index in [0.717, 1.165) is 19.1 Å². The Morgan fingerprint density at radius 3 is 2.54 bits per heavy atom. The molecule has 0 aliphatic carbocycles. The molecule has 0 amide bonds. The first-order valence-corrected chi connectivity index (χ1v) is 5.04. The van der Waals surface area contributed by atoms with Gasteiger partial charge in [0, 0.05) is 6.42 Å². The maximum atomic E-state index is 10.4. The van der Waals surface area contributed by atoms with Crippen LogP contribution < -0.4 is 0 Å². The molecule has 3 heteroatoms. The fourth-order valence-electron chi connectivity index (χ4n) is 1.63. The Bertz CT molecular complexity index is 150. The number of hydrogen-bond donors (Lipinski definition) is 0. The van der Waals surface area contributed by atoms with Crippen LogP contribution >= 0.6 is 0 Å². The summed E-state index contributed by atoms with van der Waals surface area (Å²) in [5, 5.41) is 0. The van der Waals surface area contributed by atoms with Crippen molar-refractivity contribution in [3.8, 4) is 0 Å². The molecular formula is C10H18O3. The Balaban J connectivity index is 2.32. The van der Waals surface area contributed by atoms with Gasteiger partial charge in [-0.2, -0.15) is 0 Å². The number of unbranched alkanes of at least 4 members (excludes halogenated alkanes) is 2. The van der Waals surface area contributed by atoms with Crippen LogP contribution in [0.4, 0.5) is 0 Å². The maximum Gasteiger partial charge on any atom is 0.175 e. The van der Waals surface area contributed by atoms with Crippen LogP contribution in [0.1, 0.15) is 39.0 Å². The molecule has 0 unspecified atom stereocenters. The third-order valence-electron chi connectivity index (χ3n) is 2.37. The van der Waals surface area contributed by atoms with Gasteiger partial charge in [-0.15, -0.1) is 0 Å². The van der Waals surface area contributed by atoms with Crippen molar-refractivity contribution in [2.75, 3.05) is 13.2 Å². The Labute approximate surface area is 79.4 Å². The minimum Gasteiger partial charge on any atom is -0.347 e. The van der Waals surface area contributed by atoms with Crippen molar-refractivity contribution in [2.24, 2.45) is 0 Å². The summed E-state index contributed by atoms with van der Waals surface area (Å²) in [7, 11) is 0. The highest BCUT2D eigenvalue weighted by Gasteiger charge is 2.35. The van der Waals surface area contributed by atoms with Crippen LogP contribution in [0.15, 0.2) is 0 Å². The third kappa shape index (κ3) is 3.08. The molecule has 0 aromatic carbocycles. The van der Waals surface area contributed by atoms with Crippen molar-refractivity contribution in [3.05, 3.63) is 0 Å². The molecule has 1 rings (SSSR count). The lowest BCUT2D eigenvalue weighted by Gasteiger charge is -2.24. The quantitative estimate of drug-likeness (QED) is 0.469. The molecule has 1 heterocycles. The number of rotatable bonds is 6. The second-order valence-corrected chi connectivity index (χ2v) is 3.44. The molecule has 3 nitrogen and oxygen atoms in total. The second-order valence-electron chi connectivity index (χ2n) is 3.44. The highest BCUT2D eigenvalue weighted by Crippen LogP contribution is 2.28. The van der Waals surface area contributed by atoms with E-state index < -0.39 is 5.79 Å². The van der Waals surface area contributed by atoms with E-state index in [4.69, 9.17) is 9.47 Å². The molecule has 0 bridgehead atoms. The molecule has 76 valence electrons. The fraction of sp³-hybridized carbons (Fsp3) is 0.900. The van der Waals surface area contributed by atoms with E-state index in [0.29, 0.717) is 19.6 Å². The fourth-order valence-corrected chi connectivity index (χ4v) is 1.63. The van der Waals surface area contributed by atoms with E-state index >= 15 is 0 Å². The van der Waals surface area contributed by atoms with Crippen molar-refractivity contribution < 1.29 is 14.3 Å². The van der Waals surface area contributed by atoms with Gasteiger partial charge in [0.25, 0.3) is 0 Å². The van der Waals surface area contributed by atoms with Crippen molar-refractivity contribution >= 4 is 6.29 Å². The van der Waals surface area contributed by atoms with Gasteiger partial charge in [-0.1, -0.05) is 19.8 Å². The van der Waals surface area contributed by atoms with Crippen LogP contribution in [-0.2, 0) is 14.3 Å². The van der Waals surface area contributed by atoms with Crippen LogP contribution in [0.5, 0.6) is 0 Å². The summed E-state index contributed by atoms with van der Waals surface area (Å²) >= 11 is 0. The molecule has 1 aliphatic rings. The minimum atomic E-state index is -0.572. The van der Waals surface area contributed by atoms with E-state index in [1.54, 1.807) is 0 Å². The van der Waals surface area contributed by atoms with Crippen LogP contribution in [-0.4, -0.2) is 25.3 Å². The zero-order valence-corrected chi connectivity index (χ0v) is 8.25. The average Bonchev–Trinajstić information content (AvgIpc) is 2.55. The number of aldehydes is 1. The molecule has 0 saturated carbocycles. The van der Waals surface area contributed by atoms with Gasteiger partial charge >= 0.3 is 0 Å². The van der Waals surface area contributed by atoms with Crippen LogP contribution in [0, 0.1) is 0 Å². The maximum absolute atomic E-state index is 10.4. The molecule has 0 aromatic heterocycles. The van der Waals surface area contributed by atoms with Gasteiger partial charge in [0.15, 0.2) is 5.79 Å². The summed E-state index contributed by atoms with van der Waals surface area (Å²) in [5.74, 6) is -0.572. The van der Waals surface area contributed by atoms with E-state index in [9.17, 15) is 4.79 Å². The summed E-state index contributed by atoms with van der Waals surface area (Å²) in [6.07, 6.45) is 5.53. The Morgan fingerprint density at radius 2 is 2.00 bits per heavy atom. The normalized spacial score (nSPS) is 20.4. The SMILES string of the molecule is CCCCCC1(CC=O)OCCO1. The first-order chi connectivity index (χ1) is 6.33. The van der Waals surface area contributed by atoms with Crippen molar-refractivity contribution in [1.29, 1.82) is 0 Å². The first kappa shape index (κ1) is 10.7. The molecule has 1 fully saturated rings. The summed E-state index contributed by atoms with van der Waals surface area (Å²) in [5.41, 5.74) is 0. The smallest absolute Gasteiger partial charge is 0.175 e. The van der Waals surface area contributed by atoms with Crippen molar-refractivity contribution in [3.63, 3.8) is 0 Å². The van der Waals surface area contributed by atoms with Crippen LogP contribution in [0.2, 0.25) is 0 Å². The zero-order chi connectivity index (χ0) is 9.57. The van der Waals surface area contributed by atoms with E-state index in [2.05, 4.69) is 6.92 Å². The van der Waals surface area contributed by atoms with E-state index in [1.807, 2.05) is 0 Å². The predicted molar refractivity (Wildman–Crippen MR) is 49.5 cm³/mol. The topological polar surface area (TPSA) is 35.5 Å². The van der Waals surface area contributed by atoms with Gasteiger partial charge in [0.1, 0.15) is 6.29 Å². The van der Waals surface area contributed by atoms with Gasteiger partial charge in [-0.05, 0) is 6.42 Å². The van der Waals surface area contributed by atoms with Crippen molar-refractivity contribution in [2.45, 2.75) is 44.8 Å². The largest absolute Gasteiger partial charge is 0.347 e. The van der Waals surface area contributed by atoms with Crippen molar-refractivity contribution in [1.82, 2.24) is 0 Å². The molecule has 13 heavy (non-hydrogen) atoms. The van der Waals surface area contributed by atoms with Gasteiger partial charge in [0.05, 0.1) is 19.6 Å². The van der Waals surface area contributed by atoms with E-state index in [1.165, 1.54) is 12.8 Å².